The van der Waals surface area contributed by atoms with Crippen molar-refractivity contribution in [3.05, 3.63) is 64.3 Å². The lowest BCUT2D eigenvalue weighted by Crippen LogP contribution is -2.09. The second-order valence-corrected chi connectivity index (χ2v) is 6.05. The Balaban J connectivity index is 1.88. The van der Waals surface area contributed by atoms with E-state index < -0.39 is 6.61 Å². The Hall–Kier alpha value is -2.21. The number of imidazole rings is 1. The highest BCUT2D eigenvalue weighted by Crippen LogP contribution is 2.45. The molecular weight excluding hydrogens is 341 g/mol. The van der Waals surface area contributed by atoms with Gasteiger partial charge in [0.25, 0.3) is 0 Å². The minimum atomic E-state index is -2.93. The van der Waals surface area contributed by atoms with Crippen molar-refractivity contribution in [2.75, 3.05) is 0 Å². The highest BCUT2D eigenvalue weighted by molar-refractivity contribution is 6.31. The van der Waals surface area contributed by atoms with E-state index in [4.69, 9.17) is 11.6 Å². The molecule has 0 aliphatic heterocycles. The first-order valence-electron chi connectivity index (χ1n) is 7.44. The average molecular weight is 353 g/mol. The van der Waals surface area contributed by atoms with Crippen LogP contribution in [-0.2, 0) is 6.42 Å². The second-order valence-electron chi connectivity index (χ2n) is 5.64. The molecule has 0 spiro atoms. The molecule has 4 rings (SSSR count). The van der Waals surface area contributed by atoms with Gasteiger partial charge >= 0.3 is 6.61 Å². The van der Waals surface area contributed by atoms with Gasteiger partial charge in [0, 0.05) is 28.8 Å². The Morgan fingerprint density at radius 2 is 2.12 bits per heavy atom. The molecule has 1 aliphatic carbocycles. The number of alkyl halides is 2. The molecule has 1 unspecified atom stereocenters. The van der Waals surface area contributed by atoms with Crippen molar-refractivity contribution < 1.29 is 17.9 Å². The summed E-state index contributed by atoms with van der Waals surface area (Å²) in [5.74, 6) is -0.544. The minimum absolute atomic E-state index is 0.0624. The molecule has 1 atom stereocenters. The number of benzene rings is 1. The van der Waals surface area contributed by atoms with Crippen LogP contribution in [0.25, 0.3) is 5.65 Å². The van der Waals surface area contributed by atoms with Crippen molar-refractivity contribution in [3.8, 4) is 5.75 Å². The van der Waals surface area contributed by atoms with Crippen molar-refractivity contribution in [2.45, 2.75) is 25.4 Å². The Morgan fingerprint density at radius 3 is 2.92 bits per heavy atom. The lowest BCUT2D eigenvalue weighted by atomic mass is 9.95. The quantitative estimate of drug-likeness (QED) is 0.676. The zero-order valence-corrected chi connectivity index (χ0v) is 13.1. The van der Waals surface area contributed by atoms with Crippen LogP contribution in [0.2, 0.25) is 5.02 Å². The number of aromatic nitrogens is 2. The van der Waals surface area contributed by atoms with Crippen molar-refractivity contribution in [1.82, 2.24) is 9.38 Å². The lowest BCUT2D eigenvalue weighted by Gasteiger charge is -2.18. The summed E-state index contributed by atoms with van der Waals surface area (Å²) in [6, 6.07) is 7.39. The molecule has 124 valence electrons. The van der Waals surface area contributed by atoms with Crippen LogP contribution < -0.4 is 4.74 Å². The zero-order chi connectivity index (χ0) is 16.8. The zero-order valence-electron chi connectivity index (χ0n) is 12.3. The minimum Gasteiger partial charge on any atom is -0.434 e. The van der Waals surface area contributed by atoms with Crippen LogP contribution in [0, 0.1) is 5.82 Å². The molecule has 0 saturated heterocycles. The van der Waals surface area contributed by atoms with Gasteiger partial charge in [0.05, 0.1) is 11.4 Å². The van der Waals surface area contributed by atoms with Crippen LogP contribution in [0.5, 0.6) is 5.75 Å². The van der Waals surface area contributed by atoms with Gasteiger partial charge in [-0.05, 0) is 31.0 Å². The molecule has 0 N–H and O–H groups in total. The standard InChI is InChI=1S/C17H12ClF3N2O/c18-11-2-1-3-13(24-17(20)21)15(11)10-4-5-12-16(10)23-7-6-9(19)8-14(23)22-12/h1-3,6-8,10,17H,4-5H2. The summed E-state index contributed by atoms with van der Waals surface area (Å²) in [6.07, 6.45) is 2.95. The number of pyridine rings is 1. The second kappa shape index (κ2) is 5.70. The number of ether oxygens (including phenoxy) is 1. The van der Waals surface area contributed by atoms with Crippen LogP contribution >= 0.6 is 11.6 Å². The maximum atomic E-state index is 13.4. The highest BCUT2D eigenvalue weighted by atomic mass is 35.5. The van der Waals surface area contributed by atoms with E-state index in [-0.39, 0.29) is 17.5 Å². The van der Waals surface area contributed by atoms with Gasteiger partial charge in [-0.3, -0.25) is 0 Å². The summed E-state index contributed by atoms with van der Waals surface area (Å²) in [6.45, 7) is -2.93. The molecule has 7 heteroatoms. The van der Waals surface area contributed by atoms with Crippen molar-refractivity contribution in [2.24, 2.45) is 0 Å². The number of hydrogen-bond acceptors (Lipinski definition) is 2. The van der Waals surface area contributed by atoms with E-state index >= 15 is 0 Å². The van der Waals surface area contributed by atoms with E-state index in [1.807, 2.05) is 0 Å². The van der Waals surface area contributed by atoms with Crippen LogP contribution in [-0.4, -0.2) is 16.0 Å². The van der Waals surface area contributed by atoms with Gasteiger partial charge in [-0.25, -0.2) is 9.37 Å². The summed E-state index contributed by atoms with van der Waals surface area (Å²) in [7, 11) is 0. The molecule has 3 aromatic rings. The summed E-state index contributed by atoms with van der Waals surface area (Å²) in [4.78, 5) is 4.44. The molecule has 0 amide bonds. The number of rotatable bonds is 3. The van der Waals surface area contributed by atoms with Gasteiger partial charge in [0.2, 0.25) is 0 Å². The van der Waals surface area contributed by atoms with E-state index in [9.17, 15) is 13.2 Å². The van der Waals surface area contributed by atoms with Gasteiger partial charge in [-0.15, -0.1) is 0 Å². The van der Waals surface area contributed by atoms with Gasteiger partial charge in [0.15, 0.2) is 0 Å². The smallest absolute Gasteiger partial charge is 0.387 e. The fraction of sp³-hybridized carbons (Fsp3) is 0.235. The maximum absolute atomic E-state index is 13.4. The predicted molar refractivity (Wildman–Crippen MR) is 83.4 cm³/mol. The van der Waals surface area contributed by atoms with E-state index in [1.165, 1.54) is 18.2 Å². The molecule has 0 saturated carbocycles. The SMILES string of the molecule is Fc1ccn2c3c(nc2c1)CCC3c1c(Cl)cccc1OC(F)F. The Kier molecular flexibility index (Phi) is 3.64. The third-order valence-electron chi connectivity index (χ3n) is 4.28. The highest BCUT2D eigenvalue weighted by Gasteiger charge is 2.33. The number of hydrogen-bond donors (Lipinski definition) is 0. The van der Waals surface area contributed by atoms with E-state index in [1.54, 1.807) is 22.7 Å². The molecule has 2 aromatic heterocycles. The van der Waals surface area contributed by atoms with Gasteiger partial charge in [-0.2, -0.15) is 8.78 Å². The maximum Gasteiger partial charge on any atom is 0.387 e. The van der Waals surface area contributed by atoms with Crippen molar-refractivity contribution in [1.29, 1.82) is 0 Å². The lowest BCUT2D eigenvalue weighted by molar-refractivity contribution is -0.0505. The third kappa shape index (κ3) is 2.41. The normalized spacial score (nSPS) is 16.8. The first-order chi connectivity index (χ1) is 11.5. The molecule has 1 aromatic carbocycles. The molecule has 0 fully saturated rings. The van der Waals surface area contributed by atoms with Crippen molar-refractivity contribution in [3.63, 3.8) is 0 Å². The third-order valence-corrected chi connectivity index (χ3v) is 4.61. The summed E-state index contributed by atoms with van der Waals surface area (Å²) in [5.41, 5.74) is 2.68. The number of fused-ring (bicyclic) bond motifs is 3. The molecular formula is C17H12ClF3N2O. The average Bonchev–Trinajstić information content (AvgIpc) is 3.05. The summed E-state index contributed by atoms with van der Waals surface area (Å²) >= 11 is 6.29. The fourth-order valence-corrected chi connectivity index (χ4v) is 3.69. The molecule has 2 heterocycles. The predicted octanol–water partition coefficient (Wildman–Crippen LogP) is 4.81. The monoisotopic (exact) mass is 352 g/mol. The molecule has 1 aliphatic rings. The Morgan fingerprint density at radius 1 is 1.29 bits per heavy atom. The first kappa shape index (κ1) is 15.3. The van der Waals surface area contributed by atoms with Crippen LogP contribution in [0.4, 0.5) is 13.2 Å². The van der Waals surface area contributed by atoms with Gasteiger partial charge in [0.1, 0.15) is 17.2 Å². The van der Waals surface area contributed by atoms with E-state index in [0.29, 0.717) is 29.1 Å². The van der Waals surface area contributed by atoms with Gasteiger partial charge < -0.3 is 9.14 Å². The largest absolute Gasteiger partial charge is 0.434 e. The molecule has 0 radical (unpaired) electrons. The Labute approximate surface area is 140 Å². The topological polar surface area (TPSA) is 26.5 Å². The fourth-order valence-electron chi connectivity index (χ4n) is 3.39. The van der Waals surface area contributed by atoms with Crippen LogP contribution in [0.15, 0.2) is 36.5 Å². The number of aryl methyl sites for hydroxylation is 1. The summed E-state index contributed by atoms with van der Waals surface area (Å²) in [5, 5.41) is 0.364. The molecule has 0 bridgehead atoms. The number of halogens is 4. The summed E-state index contributed by atoms with van der Waals surface area (Å²) < 4.78 is 45.3. The van der Waals surface area contributed by atoms with Crippen molar-refractivity contribution >= 4 is 17.2 Å². The molecule has 3 nitrogen and oxygen atoms in total. The van der Waals surface area contributed by atoms with Gasteiger partial charge in [-0.1, -0.05) is 17.7 Å². The number of nitrogens with zero attached hydrogens (tertiary/aromatic N) is 2. The van der Waals surface area contributed by atoms with Crippen LogP contribution in [0.1, 0.15) is 29.3 Å². The Bertz CT molecular complexity index is 926. The van der Waals surface area contributed by atoms with E-state index in [2.05, 4.69) is 9.72 Å². The van der Waals surface area contributed by atoms with Crippen LogP contribution in [0.3, 0.4) is 0 Å². The first-order valence-corrected chi connectivity index (χ1v) is 7.82. The molecule has 24 heavy (non-hydrogen) atoms. The van der Waals surface area contributed by atoms with E-state index in [0.717, 1.165) is 11.4 Å².